The Morgan fingerprint density at radius 3 is 2.33 bits per heavy atom. The molecule has 4 rings (SSSR count). The number of methoxy groups -OCH3 is 3. The van der Waals surface area contributed by atoms with Crippen molar-refractivity contribution >= 4 is 26.8 Å². The van der Waals surface area contributed by atoms with Crippen LogP contribution in [0.25, 0.3) is 11.0 Å². The smallest absolute Gasteiger partial charge is 0.269 e. The van der Waals surface area contributed by atoms with Crippen LogP contribution in [0.2, 0.25) is 0 Å². The first-order valence-corrected chi connectivity index (χ1v) is 12.7. The second kappa shape index (κ2) is 10.5. The second-order valence-electron chi connectivity index (χ2n) is 8.02. The molecule has 0 amide bonds. The molecular weight excluding hydrogens is 484 g/mol. The summed E-state index contributed by atoms with van der Waals surface area (Å²) in [7, 11) is 0.258. The Kier molecular flexibility index (Phi) is 7.37. The summed E-state index contributed by atoms with van der Waals surface area (Å²) in [6.45, 7) is 1.62. The van der Waals surface area contributed by atoms with Gasteiger partial charge in [0.05, 0.1) is 39.9 Å². The number of benzene rings is 3. The van der Waals surface area contributed by atoms with Gasteiger partial charge in [0.15, 0.2) is 11.4 Å². The van der Waals surface area contributed by atoms with Gasteiger partial charge in [0.1, 0.15) is 22.1 Å². The summed E-state index contributed by atoms with van der Waals surface area (Å²) in [6.07, 6.45) is 0.644. The summed E-state index contributed by atoms with van der Waals surface area (Å²) in [6, 6.07) is 15.2. The SMILES string of the molecule is CCc1ccc(OC)c(S(=O)(=O)N(Cc2ccc(OC)cc2OC)c2noc3ccc(CO)cc23)c1. The van der Waals surface area contributed by atoms with Crippen LogP contribution in [0, 0.1) is 0 Å². The number of fused-ring (bicyclic) bond motifs is 1. The van der Waals surface area contributed by atoms with Crippen LogP contribution in [-0.4, -0.2) is 40.0 Å². The average Bonchev–Trinajstić information content (AvgIpc) is 3.33. The van der Waals surface area contributed by atoms with E-state index in [1.165, 1.54) is 18.5 Å². The van der Waals surface area contributed by atoms with Gasteiger partial charge in [-0.05, 0) is 53.9 Å². The zero-order valence-electron chi connectivity index (χ0n) is 20.5. The molecule has 9 nitrogen and oxygen atoms in total. The molecule has 1 heterocycles. The van der Waals surface area contributed by atoms with Crippen molar-refractivity contribution in [1.82, 2.24) is 5.16 Å². The van der Waals surface area contributed by atoms with E-state index in [2.05, 4.69) is 5.16 Å². The van der Waals surface area contributed by atoms with Gasteiger partial charge in [0, 0.05) is 11.6 Å². The highest BCUT2D eigenvalue weighted by atomic mass is 32.2. The Morgan fingerprint density at radius 1 is 0.917 bits per heavy atom. The van der Waals surface area contributed by atoms with E-state index in [1.54, 1.807) is 55.6 Å². The summed E-state index contributed by atoms with van der Waals surface area (Å²) in [4.78, 5) is 0.00583. The molecule has 0 aliphatic rings. The molecule has 4 aromatic rings. The van der Waals surface area contributed by atoms with Crippen LogP contribution >= 0.6 is 0 Å². The molecule has 1 N–H and O–H groups in total. The van der Waals surface area contributed by atoms with E-state index >= 15 is 0 Å². The molecule has 1 aromatic heterocycles. The molecule has 0 aliphatic carbocycles. The van der Waals surface area contributed by atoms with E-state index in [4.69, 9.17) is 18.7 Å². The van der Waals surface area contributed by atoms with Crippen molar-refractivity contribution in [3.8, 4) is 17.2 Å². The zero-order valence-corrected chi connectivity index (χ0v) is 21.3. The van der Waals surface area contributed by atoms with Gasteiger partial charge in [-0.2, -0.15) is 0 Å². The molecule has 0 radical (unpaired) electrons. The molecule has 190 valence electrons. The van der Waals surface area contributed by atoms with Crippen LogP contribution in [0.3, 0.4) is 0 Å². The van der Waals surface area contributed by atoms with Gasteiger partial charge < -0.3 is 23.8 Å². The van der Waals surface area contributed by atoms with Crippen molar-refractivity contribution < 1.29 is 32.3 Å². The van der Waals surface area contributed by atoms with Gasteiger partial charge in [-0.3, -0.25) is 0 Å². The molecule has 36 heavy (non-hydrogen) atoms. The molecule has 0 saturated carbocycles. The fraction of sp³-hybridized carbons (Fsp3) is 0.269. The number of anilines is 1. The van der Waals surface area contributed by atoms with Gasteiger partial charge >= 0.3 is 0 Å². The van der Waals surface area contributed by atoms with Crippen molar-refractivity contribution in [2.75, 3.05) is 25.6 Å². The van der Waals surface area contributed by atoms with Crippen molar-refractivity contribution in [3.63, 3.8) is 0 Å². The Labute approximate surface area is 209 Å². The maximum Gasteiger partial charge on any atom is 0.269 e. The lowest BCUT2D eigenvalue weighted by atomic mass is 10.1. The number of aromatic nitrogens is 1. The second-order valence-corrected chi connectivity index (χ2v) is 9.85. The molecule has 0 saturated heterocycles. The first-order chi connectivity index (χ1) is 17.4. The molecule has 3 aromatic carbocycles. The molecule has 0 bridgehead atoms. The van der Waals surface area contributed by atoms with Gasteiger partial charge in [-0.1, -0.05) is 24.2 Å². The standard InChI is InChI=1S/C26H28N2O7S/c1-5-17-6-11-23(33-3)25(13-17)36(30,31)28(15-19-8-9-20(32-2)14-24(19)34-4)26-21-12-18(16-29)7-10-22(21)35-27-26/h6-14,29H,5,15-16H2,1-4H3. The van der Waals surface area contributed by atoms with Crippen LogP contribution in [0.1, 0.15) is 23.6 Å². The largest absolute Gasteiger partial charge is 0.497 e. The van der Waals surface area contributed by atoms with Crippen LogP contribution in [-0.2, 0) is 29.6 Å². The molecule has 10 heteroatoms. The fourth-order valence-corrected chi connectivity index (χ4v) is 5.54. The molecular formula is C26H28N2O7S. The lowest BCUT2D eigenvalue weighted by Crippen LogP contribution is -2.31. The normalized spacial score (nSPS) is 11.5. The third kappa shape index (κ3) is 4.69. The van der Waals surface area contributed by atoms with E-state index in [1.807, 2.05) is 13.0 Å². The Morgan fingerprint density at radius 2 is 1.67 bits per heavy atom. The first-order valence-electron chi connectivity index (χ1n) is 11.3. The van der Waals surface area contributed by atoms with Gasteiger partial charge in [0.25, 0.3) is 10.0 Å². The fourth-order valence-electron chi connectivity index (χ4n) is 3.92. The van der Waals surface area contributed by atoms with E-state index in [0.717, 1.165) is 5.56 Å². The predicted molar refractivity (Wildman–Crippen MR) is 135 cm³/mol. The zero-order chi connectivity index (χ0) is 25.9. The average molecular weight is 513 g/mol. The van der Waals surface area contributed by atoms with Crippen molar-refractivity contribution in [3.05, 3.63) is 71.3 Å². The number of rotatable bonds is 10. The first kappa shape index (κ1) is 25.3. The van der Waals surface area contributed by atoms with Crippen LogP contribution in [0.15, 0.2) is 64.0 Å². The third-order valence-electron chi connectivity index (χ3n) is 5.95. The van der Waals surface area contributed by atoms with E-state index in [-0.39, 0.29) is 29.6 Å². The highest BCUT2D eigenvalue weighted by Crippen LogP contribution is 2.37. The van der Waals surface area contributed by atoms with Crippen molar-refractivity contribution in [1.29, 1.82) is 0 Å². The highest BCUT2D eigenvalue weighted by molar-refractivity contribution is 7.93. The van der Waals surface area contributed by atoms with Gasteiger partial charge in [0.2, 0.25) is 0 Å². The predicted octanol–water partition coefficient (Wildman–Crippen LogP) is 4.30. The number of aliphatic hydroxyl groups is 1. The summed E-state index contributed by atoms with van der Waals surface area (Å²) < 4.78 is 51.4. The summed E-state index contributed by atoms with van der Waals surface area (Å²) in [5.41, 5.74) is 2.40. The number of aryl methyl sites for hydroxylation is 1. The quantitative estimate of drug-likeness (QED) is 0.335. The Balaban J connectivity index is 1.95. The summed E-state index contributed by atoms with van der Waals surface area (Å²) in [5.74, 6) is 1.32. The third-order valence-corrected chi connectivity index (χ3v) is 7.70. The van der Waals surface area contributed by atoms with E-state index < -0.39 is 10.0 Å². The summed E-state index contributed by atoms with van der Waals surface area (Å²) in [5, 5.41) is 14.2. The topological polar surface area (TPSA) is 111 Å². The highest BCUT2D eigenvalue weighted by Gasteiger charge is 2.33. The monoisotopic (exact) mass is 512 g/mol. The minimum absolute atomic E-state index is 0.00583. The molecule has 0 aliphatic heterocycles. The number of aliphatic hydroxyl groups excluding tert-OH is 1. The number of nitrogens with zero attached hydrogens (tertiary/aromatic N) is 2. The Bertz CT molecular complexity index is 1480. The summed E-state index contributed by atoms with van der Waals surface area (Å²) >= 11 is 0. The Hall–Kier alpha value is -3.76. The maximum absolute atomic E-state index is 14.3. The van der Waals surface area contributed by atoms with E-state index in [9.17, 15) is 13.5 Å². The lowest BCUT2D eigenvalue weighted by Gasteiger charge is -2.24. The van der Waals surface area contributed by atoms with Crippen LogP contribution < -0.4 is 18.5 Å². The minimum atomic E-state index is -4.21. The van der Waals surface area contributed by atoms with Gasteiger partial charge in [-0.15, -0.1) is 0 Å². The number of hydrogen-bond acceptors (Lipinski definition) is 8. The van der Waals surface area contributed by atoms with Crippen LogP contribution in [0.4, 0.5) is 5.82 Å². The lowest BCUT2D eigenvalue weighted by molar-refractivity contribution is 0.282. The van der Waals surface area contributed by atoms with Crippen LogP contribution in [0.5, 0.6) is 17.2 Å². The number of ether oxygens (including phenoxy) is 3. The van der Waals surface area contributed by atoms with Crippen molar-refractivity contribution in [2.24, 2.45) is 0 Å². The van der Waals surface area contributed by atoms with Gasteiger partial charge in [-0.25, -0.2) is 12.7 Å². The minimum Gasteiger partial charge on any atom is -0.497 e. The number of hydrogen-bond donors (Lipinski definition) is 1. The molecule has 0 fully saturated rings. The molecule has 0 spiro atoms. The molecule has 0 unspecified atom stereocenters. The maximum atomic E-state index is 14.3. The molecule has 0 atom stereocenters. The van der Waals surface area contributed by atoms with E-state index in [0.29, 0.717) is 40.0 Å². The number of sulfonamides is 1. The van der Waals surface area contributed by atoms with Crippen molar-refractivity contribution in [2.45, 2.75) is 31.4 Å².